The molecule has 1 aromatic heterocycles. The van der Waals surface area contributed by atoms with Gasteiger partial charge in [0.25, 0.3) is 5.91 Å². The fourth-order valence-corrected chi connectivity index (χ4v) is 6.29. The number of carbonyl (C=O) groups excluding carboxylic acids is 2. The van der Waals surface area contributed by atoms with Crippen LogP contribution >= 0.6 is 0 Å². The molecule has 54 heavy (non-hydrogen) atoms. The number of hydrogen-bond donors (Lipinski definition) is 3. The number of alkyl halides is 6. The van der Waals surface area contributed by atoms with Gasteiger partial charge < -0.3 is 20.3 Å². The molecule has 14 heteroatoms. The number of nitrogens with one attached hydrogen (secondary N) is 2. The summed E-state index contributed by atoms with van der Waals surface area (Å²) >= 11 is 0. The number of carbonyl (C=O) groups is 3. The number of fused-ring (bicyclic) bond motifs is 1. The van der Waals surface area contributed by atoms with Gasteiger partial charge in [-0.05, 0) is 64.7 Å². The van der Waals surface area contributed by atoms with Crippen molar-refractivity contribution in [3.63, 3.8) is 0 Å². The predicted molar refractivity (Wildman–Crippen MR) is 189 cm³/mol. The fraction of sp³-hybridized carbons (Fsp3) is 0.100. The number of rotatable bonds is 8. The Morgan fingerprint density at radius 1 is 0.722 bits per heavy atom. The van der Waals surface area contributed by atoms with Crippen LogP contribution in [-0.2, 0) is 30.6 Å². The van der Waals surface area contributed by atoms with Gasteiger partial charge in [-0.15, -0.1) is 0 Å². The number of halogens is 6. The largest absolute Gasteiger partial charge is 0.478 e. The topological polar surface area (TPSA) is 124 Å². The van der Waals surface area contributed by atoms with Gasteiger partial charge in [0.05, 0.1) is 51.6 Å². The van der Waals surface area contributed by atoms with Crippen molar-refractivity contribution >= 4 is 40.1 Å². The van der Waals surface area contributed by atoms with Crippen molar-refractivity contribution in [2.45, 2.75) is 18.8 Å². The second kappa shape index (κ2) is 14.3. The lowest BCUT2D eigenvalue weighted by atomic mass is 9.89. The van der Waals surface area contributed by atoms with Crippen molar-refractivity contribution in [2.75, 3.05) is 10.6 Å². The number of carboxylic acids is 1. The number of aromatic nitrogens is 1. The first-order chi connectivity index (χ1) is 25.6. The molecule has 0 fully saturated rings. The van der Waals surface area contributed by atoms with Gasteiger partial charge in [0.2, 0.25) is 5.91 Å². The lowest BCUT2D eigenvalue weighted by molar-refractivity contribution is -0.137. The van der Waals surface area contributed by atoms with Crippen LogP contribution in [0.2, 0.25) is 0 Å². The van der Waals surface area contributed by atoms with Crippen molar-refractivity contribution in [2.24, 2.45) is 7.05 Å². The van der Waals surface area contributed by atoms with Gasteiger partial charge in [-0.2, -0.15) is 31.6 Å². The molecule has 0 bridgehead atoms. The lowest BCUT2D eigenvalue weighted by Gasteiger charge is -2.21. The summed E-state index contributed by atoms with van der Waals surface area (Å²) in [6.07, 6.45) is -10.1. The Kier molecular flexibility index (Phi) is 9.75. The van der Waals surface area contributed by atoms with Gasteiger partial charge in [0, 0.05) is 18.0 Å². The van der Waals surface area contributed by atoms with Crippen LogP contribution in [0, 0.1) is 11.3 Å². The van der Waals surface area contributed by atoms with Gasteiger partial charge in [-0.1, -0.05) is 66.7 Å². The molecule has 5 aromatic carbocycles. The average molecular weight is 741 g/mol. The maximum Gasteiger partial charge on any atom is 0.417 e. The quantitative estimate of drug-likeness (QED) is 0.134. The van der Waals surface area contributed by atoms with Gasteiger partial charge in [0.15, 0.2) is 0 Å². The van der Waals surface area contributed by atoms with E-state index in [1.54, 1.807) is 36.4 Å². The Labute approximate surface area is 302 Å². The molecule has 1 heterocycles. The van der Waals surface area contributed by atoms with Gasteiger partial charge >= 0.3 is 18.3 Å². The van der Waals surface area contributed by atoms with Gasteiger partial charge in [-0.3, -0.25) is 9.59 Å². The molecular weight excluding hydrogens is 714 g/mol. The molecule has 0 aliphatic heterocycles. The summed E-state index contributed by atoms with van der Waals surface area (Å²) in [5, 5.41) is 24.1. The number of benzene rings is 5. The first-order valence-electron chi connectivity index (χ1n) is 16.0. The standard InChI is InChI=1S/C40H26F6N4O4/c1-50-33(37(52)48-32-16-15-23(21-47)17-29(32)38(53)54)20-28-26(24-11-5-7-13-30(24)39(41,42)43)19-27(25-12-6-8-14-31(25)40(44,45)46)35(36(28)50)49-34(51)18-22-9-3-2-4-10-22/h2-17,19-20H,18H2,1H3,(H,48,52)(H,49,51)(H,53,54). The minimum Gasteiger partial charge on any atom is -0.478 e. The summed E-state index contributed by atoms with van der Waals surface area (Å²) in [4.78, 5) is 39.5. The summed E-state index contributed by atoms with van der Waals surface area (Å²) < 4.78 is 88.4. The smallest absolute Gasteiger partial charge is 0.417 e. The average Bonchev–Trinajstić information content (AvgIpc) is 3.48. The number of aromatic carboxylic acids is 1. The monoisotopic (exact) mass is 740 g/mol. The van der Waals surface area contributed by atoms with Crippen molar-refractivity contribution in [3.8, 4) is 28.3 Å². The minimum absolute atomic E-state index is 0.00877. The van der Waals surface area contributed by atoms with E-state index in [-0.39, 0.29) is 51.1 Å². The zero-order valence-corrected chi connectivity index (χ0v) is 27.9. The number of nitriles is 1. The number of aryl methyl sites for hydroxylation is 1. The van der Waals surface area contributed by atoms with Crippen LogP contribution < -0.4 is 10.6 Å². The highest BCUT2D eigenvalue weighted by Gasteiger charge is 2.37. The normalized spacial score (nSPS) is 11.6. The Morgan fingerprint density at radius 2 is 1.30 bits per heavy atom. The van der Waals surface area contributed by atoms with E-state index in [0.717, 1.165) is 48.5 Å². The number of amides is 2. The molecule has 0 saturated heterocycles. The Hall–Kier alpha value is -6.88. The maximum absolute atomic E-state index is 14.6. The van der Waals surface area contributed by atoms with Crippen LogP contribution in [-0.4, -0.2) is 27.5 Å². The van der Waals surface area contributed by atoms with E-state index in [1.807, 2.05) is 0 Å². The summed E-state index contributed by atoms with van der Waals surface area (Å²) in [5.74, 6) is -3.09. The fourth-order valence-electron chi connectivity index (χ4n) is 6.29. The Bertz CT molecular complexity index is 2500. The van der Waals surface area contributed by atoms with Crippen LogP contribution in [0.4, 0.5) is 37.7 Å². The van der Waals surface area contributed by atoms with E-state index in [0.29, 0.717) is 5.56 Å². The molecule has 6 aromatic rings. The third-order valence-electron chi connectivity index (χ3n) is 8.70. The summed E-state index contributed by atoms with van der Waals surface area (Å²) in [6, 6.07) is 24.9. The molecule has 0 spiro atoms. The summed E-state index contributed by atoms with van der Waals surface area (Å²) in [6.45, 7) is 0. The molecule has 0 saturated carbocycles. The first-order valence-corrected chi connectivity index (χ1v) is 16.0. The van der Waals surface area contributed by atoms with Crippen LogP contribution in [0.1, 0.15) is 43.1 Å². The second-order valence-electron chi connectivity index (χ2n) is 12.1. The van der Waals surface area contributed by atoms with Crippen LogP contribution in [0.3, 0.4) is 0 Å². The summed E-state index contributed by atoms with van der Waals surface area (Å²) in [7, 11) is 1.33. The van der Waals surface area contributed by atoms with E-state index in [4.69, 9.17) is 0 Å². The van der Waals surface area contributed by atoms with Crippen LogP contribution in [0.25, 0.3) is 33.2 Å². The van der Waals surface area contributed by atoms with E-state index in [1.165, 1.54) is 41.9 Å². The van der Waals surface area contributed by atoms with Crippen LogP contribution in [0.5, 0.6) is 0 Å². The molecule has 3 N–H and O–H groups in total. The molecular formula is C40H26F6N4O4. The molecule has 8 nitrogen and oxygen atoms in total. The highest BCUT2D eigenvalue weighted by Crippen LogP contribution is 2.48. The van der Waals surface area contributed by atoms with E-state index in [9.17, 15) is 51.1 Å². The molecule has 0 unspecified atom stereocenters. The Balaban J connectivity index is 1.67. The highest BCUT2D eigenvalue weighted by molar-refractivity contribution is 6.17. The second-order valence-corrected chi connectivity index (χ2v) is 12.1. The predicted octanol–water partition coefficient (Wildman–Crippen LogP) is 9.55. The third-order valence-corrected chi connectivity index (χ3v) is 8.70. The zero-order chi connectivity index (χ0) is 38.9. The molecule has 0 aliphatic rings. The zero-order valence-electron chi connectivity index (χ0n) is 27.9. The third kappa shape index (κ3) is 7.24. The number of nitrogens with zero attached hydrogens (tertiary/aromatic N) is 2. The van der Waals surface area contributed by atoms with E-state index >= 15 is 0 Å². The van der Waals surface area contributed by atoms with Gasteiger partial charge in [0.1, 0.15) is 5.69 Å². The van der Waals surface area contributed by atoms with Crippen molar-refractivity contribution in [3.05, 3.63) is 143 Å². The molecule has 2 amide bonds. The van der Waals surface area contributed by atoms with Crippen molar-refractivity contribution in [1.29, 1.82) is 5.26 Å². The van der Waals surface area contributed by atoms with Gasteiger partial charge in [-0.25, -0.2) is 4.79 Å². The summed E-state index contributed by atoms with van der Waals surface area (Å²) in [5.41, 5.74) is -4.26. The minimum atomic E-state index is -4.93. The first kappa shape index (κ1) is 36.9. The number of hydrogen-bond acceptors (Lipinski definition) is 4. The van der Waals surface area contributed by atoms with Crippen LogP contribution in [0.15, 0.2) is 109 Å². The molecule has 0 atom stereocenters. The number of carboxylic acid groups (broad SMARTS) is 1. The molecule has 0 radical (unpaired) electrons. The number of anilines is 2. The SMILES string of the molecule is Cn1c(C(=O)Nc2ccc(C#N)cc2C(=O)O)cc2c(-c3ccccc3C(F)(F)F)cc(-c3ccccc3C(F)(F)F)c(NC(=O)Cc3ccccc3)c21. The highest BCUT2D eigenvalue weighted by atomic mass is 19.4. The lowest BCUT2D eigenvalue weighted by Crippen LogP contribution is -2.19. The molecule has 272 valence electrons. The molecule has 6 rings (SSSR count). The Morgan fingerprint density at radius 3 is 1.87 bits per heavy atom. The van der Waals surface area contributed by atoms with Crippen molar-refractivity contribution in [1.82, 2.24) is 4.57 Å². The van der Waals surface area contributed by atoms with E-state index in [2.05, 4.69) is 10.6 Å². The van der Waals surface area contributed by atoms with E-state index < -0.39 is 58.0 Å². The maximum atomic E-state index is 14.6. The van der Waals surface area contributed by atoms with Crippen molar-refractivity contribution < 1.29 is 45.8 Å². The molecule has 0 aliphatic carbocycles.